The van der Waals surface area contributed by atoms with Crippen molar-refractivity contribution in [3.63, 3.8) is 0 Å². The number of amides is 3. The highest BCUT2D eigenvalue weighted by molar-refractivity contribution is 5.97. The number of rotatable bonds is 8. The Kier molecular flexibility index (Phi) is 6.84. The Labute approximate surface area is 170 Å². The largest absolute Gasteiger partial charge is 0.484 e. The van der Waals surface area contributed by atoms with Gasteiger partial charge in [0.05, 0.1) is 5.92 Å². The monoisotopic (exact) mass is 395 g/mol. The summed E-state index contributed by atoms with van der Waals surface area (Å²) in [7, 11) is 0. The minimum Gasteiger partial charge on any atom is -0.484 e. The minimum atomic E-state index is -0.397. The van der Waals surface area contributed by atoms with Crippen LogP contribution in [0, 0.1) is 5.92 Å². The summed E-state index contributed by atoms with van der Waals surface area (Å²) in [6, 6.07) is 16.6. The first kappa shape index (κ1) is 20.4. The molecule has 3 rings (SSSR count). The average Bonchev–Trinajstić information content (AvgIpc) is 3.08. The summed E-state index contributed by atoms with van der Waals surface area (Å²) in [6.45, 7) is 3.19. The van der Waals surface area contributed by atoms with Crippen LogP contribution in [0.25, 0.3) is 0 Å². The molecule has 1 unspecified atom stereocenters. The number of likely N-dealkylation sites (tertiary alicyclic amines) is 1. The van der Waals surface area contributed by atoms with Gasteiger partial charge in [-0.15, -0.1) is 0 Å². The summed E-state index contributed by atoms with van der Waals surface area (Å²) < 4.78 is 5.44. The maximum atomic E-state index is 12.6. The van der Waals surface area contributed by atoms with Gasteiger partial charge in [-0.1, -0.05) is 36.4 Å². The lowest BCUT2D eigenvalue weighted by atomic mass is 10.1. The lowest BCUT2D eigenvalue weighted by Gasteiger charge is -2.16. The summed E-state index contributed by atoms with van der Waals surface area (Å²) in [5.74, 6) is -0.332. The number of hydrogen-bond donors (Lipinski definition) is 2. The number of anilines is 1. The first-order chi connectivity index (χ1) is 14.0. The molecular weight excluding hydrogens is 370 g/mol. The molecular formula is C22H25N3O4. The molecule has 2 aromatic rings. The SMILES string of the molecule is CCNC(=O)COc1cccc(NC(=O)C2CC(=O)N(Cc3ccccc3)C2)c1. The fraction of sp³-hybridized carbons (Fsp3) is 0.318. The normalized spacial score (nSPS) is 15.8. The summed E-state index contributed by atoms with van der Waals surface area (Å²) in [6.07, 6.45) is 0.200. The molecule has 1 saturated heterocycles. The van der Waals surface area contributed by atoms with Gasteiger partial charge in [0.2, 0.25) is 11.8 Å². The first-order valence-corrected chi connectivity index (χ1v) is 9.67. The van der Waals surface area contributed by atoms with Gasteiger partial charge in [-0.2, -0.15) is 0 Å². The molecule has 29 heavy (non-hydrogen) atoms. The molecule has 0 aromatic heterocycles. The van der Waals surface area contributed by atoms with Gasteiger partial charge in [-0.05, 0) is 24.6 Å². The van der Waals surface area contributed by atoms with Crippen LogP contribution < -0.4 is 15.4 Å². The lowest BCUT2D eigenvalue weighted by molar-refractivity contribution is -0.128. The van der Waals surface area contributed by atoms with Gasteiger partial charge < -0.3 is 20.3 Å². The van der Waals surface area contributed by atoms with Crippen molar-refractivity contribution in [3.05, 3.63) is 60.2 Å². The van der Waals surface area contributed by atoms with Crippen LogP contribution in [-0.2, 0) is 20.9 Å². The lowest BCUT2D eigenvalue weighted by Crippen LogP contribution is -2.28. The highest BCUT2D eigenvalue weighted by atomic mass is 16.5. The third-order valence-corrected chi connectivity index (χ3v) is 4.65. The number of likely N-dealkylation sites (N-methyl/N-ethyl adjacent to an activating group) is 1. The van der Waals surface area contributed by atoms with Crippen molar-refractivity contribution in [1.82, 2.24) is 10.2 Å². The summed E-state index contributed by atoms with van der Waals surface area (Å²) in [5, 5.41) is 5.50. The molecule has 0 radical (unpaired) electrons. The van der Waals surface area contributed by atoms with Crippen LogP contribution >= 0.6 is 0 Å². The third kappa shape index (κ3) is 5.81. The maximum absolute atomic E-state index is 12.6. The van der Waals surface area contributed by atoms with E-state index in [9.17, 15) is 14.4 Å². The average molecular weight is 395 g/mol. The number of nitrogens with zero attached hydrogens (tertiary/aromatic N) is 1. The fourth-order valence-electron chi connectivity index (χ4n) is 3.21. The van der Waals surface area contributed by atoms with Gasteiger partial charge in [0.1, 0.15) is 5.75 Å². The fourth-order valence-corrected chi connectivity index (χ4v) is 3.21. The Morgan fingerprint density at radius 3 is 2.69 bits per heavy atom. The second kappa shape index (κ2) is 9.73. The van der Waals surface area contributed by atoms with Crippen molar-refractivity contribution < 1.29 is 19.1 Å². The Bertz CT molecular complexity index is 869. The third-order valence-electron chi connectivity index (χ3n) is 4.65. The molecule has 7 heteroatoms. The Morgan fingerprint density at radius 1 is 1.14 bits per heavy atom. The van der Waals surface area contributed by atoms with E-state index in [4.69, 9.17) is 4.74 Å². The standard InChI is InChI=1S/C22H25N3O4/c1-2-23-20(26)15-29-19-10-6-9-18(12-19)24-22(28)17-11-21(27)25(14-17)13-16-7-4-3-5-8-16/h3-10,12,17H,2,11,13-15H2,1H3,(H,23,26)(H,24,28). The number of ether oxygens (including phenoxy) is 1. The van der Waals surface area contributed by atoms with E-state index in [2.05, 4.69) is 10.6 Å². The molecule has 1 aliphatic rings. The predicted molar refractivity (Wildman–Crippen MR) is 109 cm³/mol. The molecule has 1 fully saturated rings. The van der Waals surface area contributed by atoms with E-state index in [-0.39, 0.29) is 30.7 Å². The maximum Gasteiger partial charge on any atom is 0.257 e. The smallest absolute Gasteiger partial charge is 0.257 e. The van der Waals surface area contributed by atoms with E-state index in [1.54, 1.807) is 29.2 Å². The number of carbonyl (C=O) groups excluding carboxylic acids is 3. The van der Waals surface area contributed by atoms with Crippen LogP contribution in [0.2, 0.25) is 0 Å². The van der Waals surface area contributed by atoms with Crippen molar-refractivity contribution in [2.75, 3.05) is 25.0 Å². The van der Waals surface area contributed by atoms with Crippen LogP contribution in [0.3, 0.4) is 0 Å². The molecule has 1 heterocycles. The molecule has 0 spiro atoms. The van der Waals surface area contributed by atoms with Gasteiger partial charge in [-0.25, -0.2) is 0 Å². The number of nitrogens with one attached hydrogen (secondary N) is 2. The summed E-state index contributed by atoms with van der Waals surface area (Å²) in [4.78, 5) is 38.1. The minimum absolute atomic E-state index is 0.0203. The van der Waals surface area contributed by atoms with E-state index in [0.717, 1.165) is 5.56 Å². The Balaban J connectivity index is 1.54. The number of benzene rings is 2. The van der Waals surface area contributed by atoms with E-state index >= 15 is 0 Å². The highest BCUT2D eigenvalue weighted by Gasteiger charge is 2.34. The highest BCUT2D eigenvalue weighted by Crippen LogP contribution is 2.23. The first-order valence-electron chi connectivity index (χ1n) is 9.67. The van der Waals surface area contributed by atoms with E-state index < -0.39 is 5.92 Å². The molecule has 2 N–H and O–H groups in total. The van der Waals surface area contributed by atoms with Crippen molar-refractivity contribution in [3.8, 4) is 5.75 Å². The van der Waals surface area contributed by atoms with Crippen molar-refractivity contribution in [2.24, 2.45) is 5.92 Å². The van der Waals surface area contributed by atoms with Crippen molar-refractivity contribution >= 4 is 23.4 Å². The zero-order chi connectivity index (χ0) is 20.6. The second-order valence-corrected chi connectivity index (χ2v) is 6.92. The Hall–Kier alpha value is -3.35. The van der Waals surface area contributed by atoms with E-state index in [1.165, 1.54) is 0 Å². The van der Waals surface area contributed by atoms with E-state index in [1.807, 2.05) is 37.3 Å². The van der Waals surface area contributed by atoms with Crippen LogP contribution in [0.15, 0.2) is 54.6 Å². The predicted octanol–water partition coefficient (Wildman–Crippen LogP) is 2.19. The van der Waals surface area contributed by atoms with Gasteiger partial charge in [0.15, 0.2) is 6.61 Å². The molecule has 0 bridgehead atoms. The second-order valence-electron chi connectivity index (χ2n) is 6.92. The molecule has 7 nitrogen and oxygen atoms in total. The van der Waals surface area contributed by atoms with Crippen LogP contribution in [0.5, 0.6) is 5.75 Å². The van der Waals surface area contributed by atoms with Crippen LogP contribution in [-0.4, -0.2) is 42.3 Å². The summed E-state index contributed by atoms with van der Waals surface area (Å²) in [5.41, 5.74) is 1.61. The quantitative estimate of drug-likeness (QED) is 0.717. The molecule has 0 aliphatic carbocycles. The van der Waals surface area contributed by atoms with Gasteiger partial charge in [0.25, 0.3) is 5.91 Å². The van der Waals surface area contributed by atoms with Crippen molar-refractivity contribution in [2.45, 2.75) is 19.9 Å². The van der Waals surface area contributed by atoms with Gasteiger partial charge >= 0.3 is 0 Å². The molecule has 2 aromatic carbocycles. The molecule has 152 valence electrons. The molecule has 1 aliphatic heterocycles. The Morgan fingerprint density at radius 2 is 1.93 bits per heavy atom. The topological polar surface area (TPSA) is 87.7 Å². The van der Waals surface area contributed by atoms with Crippen molar-refractivity contribution in [1.29, 1.82) is 0 Å². The van der Waals surface area contributed by atoms with Gasteiger partial charge in [0, 0.05) is 37.8 Å². The number of carbonyl (C=O) groups is 3. The molecule has 0 saturated carbocycles. The number of hydrogen-bond acceptors (Lipinski definition) is 4. The molecule has 3 amide bonds. The summed E-state index contributed by atoms with van der Waals surface area (Å²) >= 11 is 0. The zero-order valence-corrected chi connectivity index (χ0v) is 16.4. The van der Waals surface area contributed by atoms with Gasteiger partial charge in [-0.3, -0.25) is 14.4 Å². The molecule has 1 atom stereocenters. The van der Waals surface area contributed by atoms with Crippen LogP contribution in [0.4, 0.5) is 5.69 Å². The van der Waals surface area contributed by atoms with Crippen LogP contribution in [0.1, 0.15) is 18.9 Å². The zero-order valence-electron chi connectivity index (χ0n) is 16.4. The van der Waals surface area contributed by atoms with E-state index in [0.29, 0.717) is 31.1 Å².